The number of carbonyl (C=O) groups is 1. The van der Waals surface area contributed by atoms with E-state index in [-0.39, 0.29) is 18.3 Å². The Labute approximate surface area is 202 Å². The van der Waals surface area contributed by atoms with Crippen LogP contribution in [0.2, 0.25) is 0 Å². The molecule has 2 saturated heterocycles. The van der Waals surface area contributed by atoms with Gasteiger partial charge < -0.3 is 10.2 Å². The molecule has 2 fully saturated rings. The van der Waals surface area contributed by atoms with Gasteiger partial charge in [-0.15, -0.1) is 12.4 Å². The van der Waals surface area contributed by atoms with Crippen LogP contribution in [0.4, 0.5) is 5.69 Å². The van der Waals surface area contributed by atoms with Crippen LogP contribution in [0.5, 0.6) is 0 Å². The third-order valence-electron chi connectivity index (χ3n) is 7.78. The first-order valence-corrected chi connectivity index (χ1v) is 11.8. The molecule has 3 aromatic carbocycles. The summed E-state index contributed by atoms with van der Waals surface area (Å²) >= 11 is 0. The molecule has 1 aliphatic carbocycles. The highest BCUT2D eigenvalue weighted by Crippen LogP contribution is 2.39. The Kier molecular flexibility index (Phi) is 5.90. The molecule has 0 radical (unpaired) electrons. The van der Waals surface area contributed by atoms with E-state index < -0.39 is 5.54 Å². The van der Waals surface area contributed by atoms with Gasteiger partial charge in [0.25, 0.3) is 0 Å². The minimum absolute atomic E-state index is 0. The molecule has 170 valence electrons. The fourth-order valence-electron chi connectivity index (χ4n) is 6.05. The first-order chi connectivity index (χ1) is 15.7. The molecule has 1 spiro atoms. The van der Waals surface area contributed by atoms with Gasteiger partial charge in [-0.3, -0.25) is 9.69 Å². The number of piperidine rings is 1. The quantitative estimate of drug-likeness (QED) is 0.604. The third-order valence-corrected chi connectivity index (χ3v) is 7.78. The van der Waals surface area contributed by atoms with Gasteiger partial charge in [0.2, 0.25) is 5.91 Å². The van der Waals surface area contributed by atoms with Gasteiger partial charge >= 0.3 is 0 Å². The fourth-order valence-corrected chi connectivity index (χ4v) is 6.05. The van der Waals surface area contributed by atoms with E-state index in [1.54, 1.807) is 0 Å². The topological polar surface area (TPSA) is 35.6 Å². The van der Waals surface area contributed by atoms with Crippen LogP contribution in [0.1, 0.15) is 24.0 Å². The second kappa shape index (κ2) is 8.85. The number of anilines is 1. The Morgan fingerprint density at radius 1 is 0.758 bits per heavy atom. The van der Waals surface area contributed by atoms with Crippen molar-refractivity contribution in [1.29, 1.82) is 0 Å². The highest BCUT2D eigenvalue weighted by atomic mass is 35.5. The van der Waals surface area contributed by atoms with Gasteiger partial charge in [-0.05, 0) is 60.1 Å². The van der Waals surface area contributed by atoms with Gasteiger partial charge in [0, 0.05) is 24.8 Å². The molecule has 5 heteroatoms. The van der Waals surface area contributed by atoms with E-state index in [0.29, 0.717) is 12.7 Å². The van der Waals surface area contributed by atoms with Crippen molar-refractivity contribution in [2.24, 2.45) is 0 Å². The van der Waals surface area contributed by atoms with E-state index in [1.807, 2.05) is 6.07 Å². The van der Waals surface area contributed by atoms with Crippen LogP contribution in [0.15, 0.2) is 78.9 Å². The Balaban J connectivity index is 0.00000228. The summed E-state index contributed by atoms with van der Waals surface area (Å²) in [5.74, 6) is 0.192. The molecule has 0 aromatic heterocycles. The Morgan fingerprint density at radius 2 is 1.30 bits per heavy atom. The smallest absolute Gasteiger partial charge is 0.247 e. The monoisotopic (exact) mass is 459 g/mol. The minimum Gasteiger partial charge on any atom is -0.339 e. The molecule has 2 aliphatic heterocycles. The van der Waals surface area contributed by atoms with E-state index in [4.69, 9.17) is 0 Å². The molecular formula is C28H30ClN3O. The highest BCUT2D eigenvalue weighted by Gasteiger charge is 2.50. The van der Waals surface area contributed by atoms with E-state index in [9.17, 15) is 4.79 Å². The number of amides is 1. The van der Waals surface area contributed by atoms with Gasteiger partial charge in [0.05, 0.1) is 6.67 Å². The lowest BCUT2D eigenvalue weighted by Crippen LogP contribution is -2.58. The zero-order valence-corrected chi connectivity index (χ0v) is 19.6. The van der Waals surface area contributed by atoms with E-state index in [0.717, 1.165) is 44.5 Å². The molecule has 0 bridgehead atoms. The molecule has 1 amide bonds. The molecule has 6 rings (SSSR count). The summed E-state index contributed by atoms with van der Waals surface area (Å²) in [5.41, 5.74) is 6.35. The predicted octanol–water partition coefficient (Wildman–Crippen LogP) is 4.67. The standard InChI is InChI=1S/C28H29N3O.ClH/c32-27-28(31(20-29-27)23-10-2-1-3-11-23)14-16-30(17-15-28)24-18-21-8-4-6-12-25(21)26-13-7-5-9-22(26)19-24;/h1-13,24H,14-20H2,(H,29,32);1H. The second-order valence-electron chi connectivity index (χ2n) is 9.37. The molecule has 3 aromatic rings. The normalized spacial score (nSPS) is 19.9. The second-order valence-corrected chi connectivity index (χ2v) is 9.37. The summed E-state index contributed by atoms with van der Waals surface area (Å²) in [6, 6.07) is 28.6. The Bertz CT molecular complexity index is 1090. The van der Waals surface area contributed by atoms with Crippen LogP contribution in [-0.2, 0) is 17.6 Å². The van der Waals surface area contributed by atoms with E-state index >= 15 is 0 Å². The van der Waals surface area contributed by atoms with Crippen molar-refractivity contribution in [2.75, 3.05) is 24.7 Å². The SMILES string of the molecule is Cl.O=C1NCN(c2ccccc2)C12CCN(C1Cc3ccccc3-c3ccccc3C1)CC2. The zero-order chi connectivity index (χ0) is 21.5. The van der Waals surface area contributed by atoms with Gasteiger partial charge in [-0.2, -0.15) is 0 Å². The molecule has 33 heavy (non-hydrogen) atoms. The van der Waals surface area contributed by atoms with Crippen molar-refractivity contribution in [3.05, 3.63) is 90.0 Å². The molecule has 0 atom stereocenters. The Morgan fingerprint density at radius 3 is 1.91 bits per heavy atom. The maximum Gasteiger partial charge on any atom is 0.247 e. The lowest BCUT2D eigenvalue weighted by molar-refractivity contribution is -0.125. The van der Waals surface area contributed by atoms with Gasteiger partial charge in [-0.1, -0.05) is 66.7 Å². The molecule has 0 unspecified atom stereocenters. The van der Waals surface area contributed by atoms with Crippen LogP contribution < -0.4 is 10.2 Å². The molecule has 4 nitrogen and oxygen atoms in total. The summed E-state index contributed by atoms with van der Waals surface area (Å²) in [7, 11) is 0. The van der Waals surface area contributed by atoms with Crippen LogP contribution in [0.3, 0.4) is 0 Å². The van der Waals surface area contributed by atoms with Crippen LogP contribution in [0, 0.1) is 0 Å². The summed E-state index contributed by atoms with van der Waals surface area (Å²) in [6.07, 6.45) is 3.86. The van der Waals surface area contributed by atoms with Crippen molar-refractivity contribution in [3.63, 3.8) is 0 Å². The molecule has 1 N–H and O–H groups in total. The minimum atomic E-state index is -0.418. The molecule has 2 heterocycles. The van der Waals surface area contributed by atoms with Crippen LogP contribution in [-0.4, -0.2) is 42.1 Å². The van der Waals surface area contributed by atoms with Gasteiger partial charge in [0.15, 0.2) is 0 Å². The average Bonchev–Trinajstić information content (AvgIpc) is 3.05. The summed E-state index contributed by atoms with van der Waals surface area (Å²) in [5, 5.41) is 3.13. The zero-order valence-electron chi connectivity index (χ0n) is 18.7. The van der Waals surface area contributed by atoms with Gasteiger partial charge in [0.1, 0.15) is 5.54 Å². The number of para-hydroxylation sites is 1. The van der Waals surface area contributed by atoms with Crippen molar-refractivity contribution in [2.45, 2.75) is 37.3 Å². The number of nitrogens with one attached hydrogen (secondary N) is 1. The first kappa shape index (κ1) is 22.0. The summed E-state index contributed by atoms with van der Waals surface area (Å²) < 4.78 is 0. The number of likely N-dealkylation sites (tertiary alicyclic amines) is 1. The first-order valence-electron chi connectivity index (χ1n) is 11.8. The van der Waals surface area contributed by atoms with Crippen molar-refractivity contribution >= 4 is 24.0 Å². The third kappa shape index (κ3) is 3.71. The number of carbonyl (C=O) groups excluding carboxylic acids is 1. The predicted molar refractivity (Wildman–Crippen MR) is 136 cm³/mol. The average molecular weight is 460 g/mol. The number of rotatable bonds is 2. The van der Waals surface area contributed by atoms with Crippen LogP contribution >= 0.6 is 12.4 Å². The number of hydrogen-bond acceptors (Lipinski definition) is 3. The molecule has 3 aliphatic rings. The summed E-state index contributed by atoms with van der Waals surface area (Å²) in [4.78, 5) is 18.0. The van der Waals surface area contributed by atoms with Crippen molar-refractivity contribution < 1.29 is 4.79 Å². The number of nitrogens with zero attached hydrogens (tertiary/aromatic N) is 2. The fraction of sp³-hybridized carbons (Fsp3) is 0.321. The van der Waals surface area contributed by atoms with Gasteiger partial charge in [-0.25, -0.2) is 0 Å². The van der Waals surface area contributed by atoms with Crippen molar-refractivity contribution in [3.8, 4) is 11.1 Å². The number of hydrogen-bond donors (Lipinski definition) is 1. The number of benzene rings is 3. The van der Waals surface area contributed by atoms with Crippen molar-refractivity contribution in [1.82, 2.24) is 10.2 Å². The molecular weight excluding hydrogens is 430 g/mol. The summed E-state index contributed by atoms with van der Waals surface area (Å²) in [6.45, 7) is 2.50. The molecule has 0 saturated carbocycles. The van der Waals surface area contributed by atoms with E-state index in [2.05, 4.69) is 87.9 Å². The highest BCUT2D eigenvalue weighted by molar-refractivity contribution is 5.93. The maximum absolute atomic E-state index is 13.0. The maximum atomic E-state index is 13.0. The largest absolute Gasteiger partial charge is 0.339 e. The Hall–Kier alpha value is -2.82. The lowest BCUT2D eigenvalue weighted by Gasteiger charge is -2.45. The lowest BCUT2D eigenvalue weighted by atomic mass is 9.84. The van der Waals surface area contributed by atoms with E-state index in [1.165, 1.54) is 22.3 Å². The number of fused-ring (bicyclic) bond motifs is 3. The number of halogens is 1. The van der Waals surface area contributed by atoms with Crippen LogP contribution in [0.25, 0.3) is 11.1 Å².